The fraction of sp³-hybridized carbons (Fsp3) is 0.667. The standard InChI is InChI=1S/C12H20ClN5O2/c1-7(2)5-18(6-9(14)19)11-15-10(13)16-12(17-11)20-8(3)4/h7-8H,5-6H2,1-4H3,(H2,14,19). The molecule has 1 aromatic heterocycles. The minimum Gasteiger partial charge on any atom is -0.461 e. The number of hydrogen-bond donors (Lipinski definition) is 1. The molecular formula is C12H20ClN5O2. The normalized spacial score (nSPS) is 10.9. The number of halogens is 1. The third kappa shape index (κ3) is 5.56. The SMILES string of the molecule is CC(C)CN(CC(N)=O)c1nc(Cl)nc(OC(C)C)n1. The van der Waals surface area contributed by atoms with Crippen molar-refractivity contribution in [1.82, 2.24) is 15.0 Å². The number of amides is 1. The maximum absolute atomic E-state index is 11.2. The molecule has 0 radical (unpaired) electrons. The highest BCUT2D eigenvalue weighted by Gasteiger charge is 2.17. The van der Waals surface area contributed by atoms with Crippen molar-refractivity contribution < 1.29 is 9.53 Å². The largest absolute Gasteiger partial charge is 0.461 e. The van der Waals surface area contributed by atoms with E-state index in [2.05, 4.69) is 15.0 Å². The van der Waals surface area contributed by atoms with Crippen molar-refractivity contribution in [1.29, 1.82) is 0 Å². The van der Waals surface area contributed by atoms with Crippen LogP contribution in [-0.4, -0.2) is 40.1 Å². The average molecular weight is 302 g/mol. The highest BCUT2D eigenvalue weighted by molar-refractivity contribution is 6.28. The van der Waals surface area contributed by atoms with Crippen LogP contribution >= 0.6 is 11.6 Å². The second-order valence-corrected chi connectivity index (χ2v) is 5.43. The summed E-state index contributed by atoms with van der Waals surface area (Å²) in [6.45, 7) is 8.33. The quantitative estimate of drug-likeness (QED) is 0.815. The van der Waals surface area contributed by atoms with E-state index < -0.39 is 5.91 Å². The van der Waals surface area contributed by atoms with Gasteiger partial charge in [0.25, 0.3) is 0 Å². The molecule has 0 spiro atoms. The monoisotopic (exact) mass is 301 g/mol. The number of ether oxygens (including phenoxy) is 1. The van der Waals surface area contributed by atoms with Gasteiger partial charge >= 0.3 is 6.01 Å². The van der Waals surface area contributed by atoms with Gasteiger partial charge in [-0.25, -0.2) is 0 Å². The first-order valence-electron chi connectivity index (χ1n) is 6.39. The zero-order valence-corrected chi connectivity index (χ0v) is 12.9. The first-order valence-corrected chi connectivity index (χ1v) is 6.77. The fourth-order valence-electron chi connectivity index (χ4n) is 1.57. The Labute approximate surface area is 123 Å². The highest BCUT2D eigenvalue weighted by atomic mass is 35.5. The molecule has 0 saturated heterocycles. The van der Waals surface area contributed by atoms with Gasteiger partial charge in [-0.3, -0.25) is 4.79 Å². The topological polar surface area (TPSA) is 94.2 Å². The minimum absolute atomic E-state index is 0.0135. The molecule has 7 nitrogen and oxygen atoms in total. The van der Waals surface area contributed by atoms with E-state index in [9.17, 15) is 4.79 Å². The molecule has 0 atom stereocenters. The molecule has 0 aliphatic rings. The number of nitrogens with zero attached hydrogens (tertiary/aromatic N) is 4. The maximum Gasteiger partial charge on any atom is 0.322 e. The Bertz CT molecular complexity index is 467. The summed E-state index contributed by atoms with van der Waals surface area (Å²) < 4.78 is 5.41. The van der Waals surface area contributed by atoms with Crippen LogP contribution in [-0.2, 0) is 4.79 Å². The predicted octanol–water partition coefficient (Wildman–Crippen LogP) is 1.26. The lowest BCUT2D eigenvalue weighted by Crippen LogP contribution is -2.37. The molecule has 1 aromatic rings. The summed E-state index contributed by atoms with van der Waals surface area (Å²) in [6.07, 6.45) is -0.0870. The molecule has 0 aromatic carbocycles. The van der Waals surface area contributed by atoms with Crippen LogP contribution in [0.25, 0.3) is 0 Å². The van der Waals surface area contributed by atoms with Crippen LogP contribution in [0.2, 0.25) is 5.28 Å². The molecule has 8 heteroatoms. The maximum atomic E-state index is 11.2. The van der Waals surface area contributed by atoms with Crippen molar-refractivity contribution in [2.45, 2.75) is 33.8 Å². The van der Waals surface area contributed by atoms with E-state index in [1.807, 2.05) is 27.7 Å². The first-order chi connectivity index (χ1) is 9.27. The number of nitrogens with two attached hydrogens (primary N) is 1. The van der Waals surface area contributed by atoms with Gasteiger partial charge < -0.3 is 15.4 Å². The molecular weight excluding hydrogens is 282 g/mol. The summed E-state index contributed by atoms with van der Waals surface area (Å²) in [5.41, 5.74) is 5.25. The summed E-state index contributed by atoms with van der Waals surface area (Å²) in [5, 5.41) is 0.0175. The Hall–Kier alpha value is -1.63. The van der Waals surface area contributed by atoms with E-state index in [1.165, 1.54) is 0 Å². The second kappa shape index (κ2) is 7.23. The smallest absolute Gasteiger partial charge is 0.322 e. The molecule has 0 fully saturated rings. The summed E-state index contributed by atoms with van der Waals surface area (Å²) in [5.74, 6) is 0.126. The first kappa shape index (κ1) is 16.4. The number of aromatic nitrogens is 3. The zero-order valence-electron chi connectivity index (χ0n) is 12.1. The molecule has 20 heavy (non-hydrogen) atoms. The Morgan fingerprint density at radius 1 is 1.30 bits per heavy atom. The van der Waals surface area contributed by atoms with E-state index in [0.717, 1.165) is 0 Å². The van der Waals surface area contributed by atoms with E-state index in [-0.39, 0.29) is 29.9 Å². The van der Waals surface area contributed by atoms with E-state index >= 15 is 0 Å². The highest BCUT2D eigenvalue weighted by Crippen LogP contribution is 2.17. The molecule has 0 aliphatic heterocycles. The Morgan fingerprint density at radius 3 is 2.45 bits per heavy atom. The average Bonchev–Trinajstić information content (AvgIpc) is 2.24. The summed E-state index contributed by atoms with van der Waals surface area (Å²) in [4.78, 5) is 24.9. The fourth-order valence-corrected chi connectivity index (χ4v) is 1.72. The number of carbonyl (C=O) groups excluding carboxylic acids is 1. The van der Waals surface area contributed by atoms with Gasteiger partial charge in [0.2, 0.25) is 17.1 Å². The van der Waals surface area contributed by atoms with E-state index in [0.29, 0.717) is 12.5 Å². The van der Waals surface area contributed by atoms with Crippen molar-refractivity contribution in [3.05, 3.63) is 5.28 Å². The van der Waals surface area contributed by atoms with Gasteiger partial charge in [0.15, 0.2) is 0 Å². The number of hydrogen-bond acceptors (Lipinski definition) is 6. The van der Waals surface area contributed by atoms with Gasteiger partial charge in [-0.1, -0.05) is 13.8 Å². The second-order valence-electron chi connectivity index (χ2n) is 5.09. The van der Waals surface area contributed by atoms with Gasteiger partial charge in [0.1, 0.15) is 0 Å². The number of carbonyl (C=O) groups is 1. The predicted molar refractivity (Wildman–Crippen MR) is 76.8 cm³/mol. The summed E-state index contributed by atoms with van der Waals surface area (Å²) >= 11 is 5.87. The number of rotatable bonds is 7. The van der Waals surface area contributed by atoms with Crippen molar-refractivity contribution in [3.63, 3.8) is 0 Å². The molecule has 1 heterocycles. The van der Waals surface area contributed by atoms with Crippen molar-refractivity contribution in [3.8, 4) is 6.01 Å². The van der Waals surface area contributed by atoms with Crippen LogP contribution in [0.5, 0.6) is 6.01 Å². The third-order valence-electron chi connectivity index (χ3n) is 2.13. The number of primary amides is 1. The van der Waals surface area contributed by atoms with Gasteiger partial charge in [0.05, 0.1) is 12.6 Å². The molecule has 1 rings (SSSR count). The van der Waals surface area contributed by atoms with Crippen LogP contribution in [0, 0.1) is 5.92 Å². The van der Waals surface area contributed by atoms with E-state index in [4.69, 9.17) is 22.1 Å². The lowest BCUT2D eigenvalue weighted by atomic mass is 10.2. The van der Waals surface area contributed by atoms with Crippen molar-refractivity contribution in [2.75, 3.05) is 18.0 Å². The lowest BCUT2D eigenvalue weighted by Gasteiger charge is -2.23. The van der Waals surface area contributed by atoms with Crippen LogP contribution in [0.3, 0.4) is 0 Å². The zero-order chi connectivity index (χ0) is 15.3. The Morgan fingerprint density at radius 2 is 1.95 bits per heavy atom. The van der Waals surface area contributed by atoms with Gasteiger partial charge in [-0.2, -0.15) is 15.0 Å². The Kier molecular flexibility index (Phi) is 5.94. The van der Waals surface area contributed by atoms with E-state index in [1.54, 1.807) is 4.90 Å². The molecule has 0 saturated carbocycles. The van der Waals surface area contributed by atoms with Crippen molar-refractivity contribution >= 4 is 23.5 Å². The lowest BCUT2D eigenvalue weighted by molar-refractivity contribution is -0.116. The number of anilines is 1. The molecule has 0 unspecified atom stereocenters. The summed E-state index contributed by atoms with van der Waals surface area (Å²) in [6, 6.07) is 0.133. The van der Waals surface area contributed by atoms with Crippen LogP contribution < -0.4 is 15.4 Å². The van der Waals surface area contributed by atoms with Crippen molar-refractivity contribution in [2.24, 2.45) is 11.7 Å². The van der Waals surface area contributed by atoms with Gasteiger partial charge in [-0.05, 0) is 31.4 Å². The molecule has 0 aliphatic carbocycles. The third-order valence-corrected chi connectivity index (χ3v) is 2.30. The molecule has 1 amide bonds. The van der Waals surface area contributed by atoms with Crippen LogP contribution in [0.1, 0.15) is 27.7 Å². The molecule has 112 valence electrons. The minimum atomic E-state index is -0.464. The van der Waals surface area contributed by atoms with Gasteiger partial charge in [-0.15, -0.1) is 0 Å². The summed E-state index contributed by atoms with van der Waals surface area (Å²) in [7, 11) is 0. The van der Waals surface area contributed by atoms with Crippen LogP contribution in [0.4, 0.5) is 5.95 Å². The molecule has 2 N–H and O–H groups in total. The molecule has 0 bridgehead atoms. The van der Waals surface area contributed by atoms with Crippen LogP contribution in [0.15, 0.2) is 0 Å². The Balaban J connectivity index is 3.04. The van der Waals surface area contributed by atoms with Gasteiger partial charge in [0, 0.05) is 6.54 Å².